The maximum Gasteiger partial charge on any atom is 0.191 e. The van der Waals surface area contributed by atoms with E-state index in [9.17, 15) is 0 Å². The van der Waals surface area contributed by atoms with Crippen molar-refractivity contribution in [3.8, 4) is 0 Å². The second-order valence-electron chi connectivity index (χ2n) is 5.81. The van der Waals surface area contributed by atoms with E-state index < -0.39 is 0 Å². The lowest BCUT2D eigenvalue weighted by atomic mass is 10.2. The van der Waals surface area contributed by atoms with Crippen LogP contribution >= 0.6 is 0 Å². The summed E-state index contributed by atoms with van der Waals surface area (Å²) in [5, 5.41) is 6.78. The molecular weight excluding hydrogens is 312 g/mol. The molecule has 0 fully saturated rings. The van der Waals surface area contributed by atoms with Gasteiger partial charge >= 0.3 is 0 Å². The normalized spacial score (nSPS) is 13.0. The Bertz CT molecular complexity index is 606. The summed E-state index contributed by atoms with van der Waals surface area (Å²) in [7, 11) is 0. The van der Waals surface area contributed by atoms with Gasteiger partial charge in [0.05, 0.1) is 18.8 Å². The highest BCUT2D eigenvalue weighted by Crippen LogP contribution is 2.20. The van der Waals surface area contributed by atoms with Crippen LogP contribution in [0.2, 0.25) is 0 Å². The number of hydrogen-bond donors (Lipinski definition) is 2. The summed E-state index contributed by atoms with van der Waals surface area (Å²) in [6.45, 7) is 10.6. The molecular formula is C20H30N4O. The van der Waals surface area contributed by atoms with Gasteiger partial charge < -0.3 is 15.1 Å². The van der Waals surface area contributed by atoms with Gasteiger partial charge in [0, 0.05) is 13.1 Å². The minimum absolute atomic E-state index is 0.186. The van der Waals surface area contributed by atoms with Gasteiger partial charge in [-0.1, -0.05) is 44.2 Å². The first-order valence-electron chi connectivity index (χ1n) is 9.12. The van der Waals surface area contributed by atoms with Gasteiger partial charge in [-0.05, 0) is 37.7 Å². The molecule has 2 N–H and O–H groups in total. The summed E-state index contributed by atoms with van der Waals surface area (Å²) in [6, 6.07) is 14.5. The number of benzene rings is 1. The quantitative estimate of drug-likeness (QED) is 0.542. The molecule has 0 spiro atoms. The van der Waals surface area contributed by atoms with E-state index in [-0.39, 0.29) is 6.04 Å². The van der Waals surface area contributed by atoms with Gasteiger partial charge in [0.15, 0.2) is 5.96 Å². The van der Waals surface area contributed by atoms with E-state index in [1.54, 1.807) is 6.26 Å². The van der Waals surface area contributed by atoms with Crippen LogP contribution in [0.1, 0.15) is 38.1 Å². The van der Waals surface area contributed by atoms with Crippen LogP contribution in [0.4, 0.5) is 0 Å². The van der Waals surface area contributed by atoms with Crippen molar-refractivity contribution in [2.75, 3.05) is 26.2 Å². The lowest BCUT2D eigenvalue weighted by Gasteiger charge is -2.28. The smallest absolute Gasteiger partial charge is 0.191 e. The van der Waals surface area contributed by atoms with Crippen LogP contribution < -0.4 is 10.6 Å². The van der Waals surface area contributed by atoms with Gasteiger partial charge in [0.25, 0.3) is 0 Å². The average Bonchev–Trinajstić information content (AvgIpc) is 3.18. The molecule has 1 heterocycles. The molecule has 0 saturated carbocycles. The van der Waals surface area contributed by atoms with Crippen molar-refractivity contribution < 1.29 is 4.42 Å². The van der Waals surface area contributed by atoms with E-state index in [0.29, 0.717) is 6.54 Å². The van der Waals surface area contributed by atoms with Gasteiger partial charge in [0.1, 0.15) is 5.76 Å². The Kier molecular flexibility index (Phi) is 8.05. The van der Waals surface area contributed by atoms with E-state index in [4.69, 9.17) is 9.41 Å². The Labute approximate surface area is 151 Å². The van der Waals surface area contributed by atoms with Crippen molar-refractivity contribution in [1.29, 1.82) is 0 Å². The molecule has 0 aliphatic carbocycles. The van der Waals surface area contributed by atoms with Crippen LogP contribution in [0.5, 0.6) is 0 Å². The number of guanidine groups is 1. The van der Waals surface area contributed by atoms with Crippen molar-refractivity contribution in [3.63, 3.8) is 0 Å². The molecule has 0 amide bonds. The highest BCUT2D eigenvalue weighted by Gasteiger charge is 2.20. The molecule has 136 valence electrons. The van der Waals surface area contributed by atoms with E-state index in [1.807, 2.05) is 30.3 Å². The standard InChI is InChI=1S/C20H30N4O/c1-4-21-20(22-15-17-11-8-7-9-12-17)23-16-18(24(5-2)6-3)19-13-10-14-25-19/h7-14,18H,4-6,15-16H2,1-3H3,(H2,21,22,23). The summed E-state index contributed by atoms with van der Waals surface area (Å²) in [5.41, 5.74) is 1.20. The predicted molar refractivity (Wildman–Crippen MR) is 104 cm³/mol. The van der Waals surface area contributed by atoms with Crippen LogP contribution in [-0.2, 0) is 6.54 Å². The first-order valence-corrected chi connectivity index (χ1v) is 9.12. The molecule has 0 radical (unpaired) electrons. The minimum Gasteiger partial charge on any atom is -0.468 e. The minimum atomic E-state index is 0.186. The zero-order chi connectivity index (χ0) is 17.9. The molecule has 0 aliphatic heterocycles. The third kappa shape index (κ3) is 5.94. The number of aliphatic imine (C=N–C) groups is 1. The van der Waals surface area contributed by atoms with E-state index in [0.717, 1.165) is 37.9 Å². The van der Waals surface area contributed by atoms with Crippen molar-refractivity contribution in [2.45, 2.75) is 33.4 Å². The van der Waals surface area contributed by atoms with Crippen LogP contribution in [0, 0.1) is 0 Å². The molecule has 5 nitrogen and oxygen atoms in total. The second-order valence-corrected chi connectivity index (χ2v) is 5.81. The van der Waals surface area contributed by atoms with E-state index in [2.05, 4.69) is 48.4 Å². The zero-order valence-electron chi connectivity index (χ0n) is 15.5. The number of furan rings is 1. The van der Waals surface area contributed by atoms with Gasteiger partial charge in [0.2, 0.25) is 0 Å². The molecule has 5 heteroatoms. The largest absolute Gasteiger partial charge is 0.468 e. The fourth-order valence-electron chi connectivity index (χ4n) is 2.84. The third-order valence-electron chi connectivity index (χ3n) is 4.19. The Hall–Kier alpha value is -2.27. The van der Waals surface area contributed by atoms with Crippen LogP contribution in [-0.4, -0.2) is 37.0 Å². The van der Waals surface area contributed by atoms with Gasteiger partial charge in [-0.2, -0.15) is 0 Å². The van der Waals surface area contributed by atoms with Crippen molar-refractivity contribution in [1.82, 2.24) is 15.5 Å². The highest BCUT2D eigenvalue weighted by molar-refractivity contribution is 5.79. The molecule has 0 bridgehead atoms. The zero-order valence-corrected chi connectivity index (χ0v) is 15.5. The topological polar surface area (TPSA) is 52.8 Å². The fraction of sp³-hybridized carbons (Fsp3) is 0.450. The first kappa shape index (κ1) is 19.1. The number of rotatable bonds is 9. The first-order chi connectivity index (χ1) is 12.3. The Morgan fingerprint density at radius 1 is 1.04 bits per heavy atom. The van der Waals surface area contributed by atoms with Crippen LogP contribution in [0.15, 0.2) is 58.1 Å². The maximum atomic E-state index is 5.66. The Morgan fingerprint density at radius 2 is 1.80 bits per heavy atom. The summed E-state index contributed by atoms with van der Waals surface area (Å²) in [6.07, 6.45) is 1.74. The van der Waals surface area contributed by atoms with Crippen molar-refractivity contribution in [2.24, 2.45) is 4.99 Å². The molecule has 2 rings (SSSR count). The molecule has 1 unspecified atom stereocenters. The highest BCUT2D eigenvalue weighted by atomic mass is 16.3. The predicted octanol–water partition coefficient (Wildman–Crippen LogP) is 3.42. The molecule has 1 atom stereocenters. The molecule has 1 aromatic carbocycles. The third-order valence-corrected chi connectivity index (χ3v) is 4.19. The number of hydrogen-bond acceptors (Lipinski definition) is 3. The van der Waals surface area contributed by atoms with Crippen LogP contribution in [0.3, 0.4) is 0 Å². The monoisotopic (exact) mass is 342 g/mol. The van der Waals surface area contributed by atoms with Crippen molar-refractivity contribution in [3.05, 3.63) is 60.1 Å². The fourth-order valence-corrected chi connectivity index (χ4v) is 2.84. The SMILES string of the molecule is CCNC(=NCc1ccccc1)NCC(c1ccco1)N(CC)CC. The maximum absolute atomic E-state index is 5.66. The molecule has 0 saturated heterocycles. The molecule has 25 heavy (non-hydrogen) atoms. The average molecular weight is 342 g/mol. The summed E-state index contributed by atoms with van der Waals surface area (Å²) >= 11 is 0. The number of nitrogens with one attached hydrogen (secondary N) is 2. The Balaban J connectivity index is 2.03. The molecule has 2 aromatic rings. The van der Waals surface area contributed by atoms with Gasteiger partial charge in [-0.15, -0.1) is 0 Å². The summed E-state index contributed by atoms with van der Waals surface area (Å²) in [5.74, 6) is 1.81. The Morgan fingerprint density at radius 3 is 2.40 bits per heavy atom. The summed E-state index contributed by atoms with van der Waals surface area (Å²) in [4.78, 5) is 7.07. The van der Waals surface area contributed by atoms with Crippen LogP contribution in [0.25, 0.3) is 0 Å². The molecule has 1 aromatic heterocycles. The van der Waals surface area contributed by atoms with E-state index >= 15 is 0 Å². The number of likely N-dealkylation sites (N-methyl/N-ethyl adjacent to an activating group) is 1. The lowest BCUT2D eigenvalue weighted by Crippen LogP contribution is -2.43. The van der Waals surface area contributed by atoms with Gasteiger partial charge in [-0.3, -0.25) is 4.90 Å². The van der Waals surface area contributed by atoms with Gasteiger partial charge in [-0.25, -0.2) is 4.99 Å². The number of nitrogens with zero attached hydrogens (tertiary/aromatic N) is 2. The summed E-state index contributed by atoms with van der Waals surface area (Å²) < 4.78 is 5.66. The van der Waals surface area contributed by atoms with E-state index in [1.165, 1.54) is 5.56 Å². The lowest BCUT2D eigenvalue weighted by molar-refractivity contribution is 0.193. The second kappa shape index (κ2) is 10.6. The van der Waals surface area contributed by atoms with Crippen molar-refractivity contribution >= 4 is 5.96 Å². The molecule has 0 aliphatic rings.